The average molecular weight is 184 g/mol. The van der Waals surface area contributed by atoms with Crippen LogP contribution in [0.5, 0.6) is 0 Å². The van der Waals surface area contributed by atoms with Crippen LogP contribution in [0.4, 0.5) is 0 Å². The SMILES string of the molecule is [NH3+]C[C@]1(CC(=O)O)C[C@H]2CCC[C@H]21. The summed E-state index contributed by atoms with van der Waals surface area (Å²) in [4.78, 5) is 10.7. The molecule has 0 aromatic carbocycles. The summed E-state index contributed by atoms with van der Waals surface area (Å²) in [6.45, 7) is 0.806. The number of fused-ring (bicyclic) bond motifs is 1. The van der Waals surface area contributed by atoms with Crippen molar-refractivity contribution in [2.24, 2.45) is 17.3 Å². The zero-order valence-electron chi connectivity index (χ0n) is 7.96. The van der Waals surface area contributed by atoms with Crippen LogP contribution in [0, 0.1) is 17.3 Å². The van der Waals surface area contributed by atoms with E-state index in [9.17, 15) is 4.79 Å². The van der Waals surface area contributed by atoms with Gasteiger partial charge in [0.1, 0.15) is 0 Å². The molecule has 0 aromatic rings. The number of rotatable bonds is 3. The molecule has 0 radical (unpaired) electrons. The summed E-state index contributed by atoms with van der Waals surface area (Å²) in [7, 11) is 0. The predicted octanol–water partition coefficient (Wildman–Crippen LogP) is 0.509. The fourth-order valence-electron chi connectivity index (χ4n) is 3.48. The normalized spacial score (nSPS) is 42.5. The van der Waals surface area contributed by atoms with Gasteiger partial charge >= 0.3 is 5.97 Å². The van der Waals surface area contributed by atoms with E-state index in [2.05, 4.69) is 5.73 Å². The second-order valence-corrected chi connectivity index (χ2v) is 4.68. The number of aliphatic carboxylic acids is 1. The van der Waals surface area contributed by atoms with E-state index >= 15 is 0 Å². The maximum Gasteiger partial charge on any atom is 0.304 e. The predicted molar refractivity (Wildman–Crippen MR) is 47.9 cm³/mol. The van der Waals surface area contributed by atoms with Crippen LogP contribution in [0.3, 0.4) is 0 Å². The Morgan fingerprint density at radius 3 is 2.85 bits per heavy atom. The molecule has 0 aromatic heterocycles. The lowest BCUT2D eigenvalue weighted by Gasteiger charge is -2.50. The lowest BCUT2D eigenvalue weighted by molar-refractivity contribution is -0.408. The second kappa shape index (κ2) is 2.98. The molecule has 3 atom stereocenters. The molecule has 13 heavy (non-hydrogen) atoms. The van der Waals surface area contributed by atoms with Crippen LogP contribution in [0.15, 0.2) is 0 Å². The largest absolute Gasteiger partial charge is 0.481 e. The van der Waals surface area contributed by atoms with Crippen molar-refractivity contribution in [3.05, 3.63) is 0 Å². The molecule has 0 amide bonds. The molecular weight excluding hydrogens is 166 g/mol. The van der Waals surface area contributed by atoms with Crippen molar-refractivity contribution in [3.8, 4) is 0 Å². The van der Waals surface area contributed by atoms with Crippen molar-refractivity contribution in [2.75, 3.05) is 6.54 Å². The highest BCUT2D eigenvalue weighted by Crippen LogP contribution is 2.60. The molecule has 4 N–H and O–H groups in total. The zero-order valence-corrected chi connectivity index (χ0v) is 7.96. The number of hydrogen-bond donors (Lipinski definition) is 2. The molecule has 0 saturated heterocycles. The average Bonchev–Trinajstić information content (AvgIpc) is 2.43. The molecule has 2 rings (SSSR count). The Bertz CT molecular complexity index is 229. The van der Waals surface area contributed by atoms with E-state index in [0.717, 1.165) is 18.9 Å². The van der Waals surface area contributed by atoms with Crippen molar-refractivity contribution in [2.45, 2.75) is 32.1 Å². The summed E-state index contributed by atoms with van der Waals surface area (Å²) in [6, 6.07) is 0. The maximum absolute atomic E-state index is 10.7. The third-order valence-corrected chi connectivity index (χ3v) is 4.12. The van der Waals surface area contributed by atoms with Gasteiger partial charge in [-0.3, -0.25) is 4.79 Å². The molecule has 2 aliphatic carbocycles. The molecule has 2 saturated carbocycles. The Morgan fingerprint density at radius 2 is 2.31 bits per heavy atom. The van der Waals surface area contributed by atoms with Gasteiger partial charge in [-0.2, -0.15) is 0 Å². The van der Waals surface area contributed by atoms with Gasteiger partial charge in [0.05, 0.1) is 13.0 Å². The number of carboxylic acid groups (broad SMARTS) is 1. The fourth-order valence-corrected chi connectivity index (χ4v) is 3.48. The van der Waals surface area contributed by atoms with Gasteiger partial charge in [-0.25, -0.2) is 0 Å². The summed E-state index contributed by atoms with van der Waals surface area (Å²) in [5.41, 5.74) is 4.01. The van der Waals surface area contributed by atoms with Crippen LogP contribution in [0.2, 0.25) is 0 Å². The first-order valence-corrected chi connectivity index (χ1v) is 5.19. The molecule has 3 nitrogen and oxygen atoms in total. The molecule has 0 heterocycles. The van der Waals surface area contributed by atoms with Crippen LogP contribution in [0.1, 0.15) is 32.1 Å². The van der Waals surface area contributed by atoms with Crippen LogP contribution in [-0.2, 0) is 4.79 Å². The molecule has 0 unspecified atom stereocenters. The molecule has 74 valence electrons. The van der Waals surface area contributed by atoms with Gasteiger partial charge in [-0.15, -0.1) is 0 Å². The van der Waals surface area contributed by atoms with Gasteiger partial charge in [-0.1, -0.05) is 12.8 Å². The summed E-state index contributed by atoms with van der Waals surface area (Å²) in [5.74, 6) is 0.871. The van der Waals surface area contributed by atoms with E-state index < -0.39 is 5.97 Å². The summed E-state index contributed by atoms with van der Waals surface area (Å²) in [6.07, 6.45) is 5.33. The van der Waals surface area contributed by atoms with Crippen LogP contribution in [0.25, 0.3) is 0 Å². The van der Waals surface area contributed by atoms with Gasteiger partial charge < -0.3 is 10.8 Å². The van der Waals surface area contributed by atoms with Crippen molar-refractivity contribution in [3.63, 3.8) is 0 Å². The minimum Gasteiger partial charge on any atom is -0.481 e. The lowest BCUT2D eigenvalue weighted by atomic mass is 9.53. The summed E-state index contributed by atoms with van der Waals surface area (Å²) >= 11 is 0. The monoisotopic (exact) mass is 184 g/mol. The molecule has 2 fully saturated rings. The van der Waals surface area contributed by atoms with Crippen molar-refractivity contribution >= 4 is 5.97 Å². The first-order chi connectivity index (χ1) is 6.18. The smallest absolute Gasteiger partial charge is 0.304 e. The van der Waals surface area contributed by atoms with Gasteiger partial charge in [0.2, 0.25) is 0 Å². The minimum absolute atomic E-state index is 0.0764. The van der Waals surface area contributed by atoms with Gasteiger partial charge in [0.25, 0.3) is 0 Å². The molecular formula is C10H18NO2+. The third kappa shape index (κ3) is 1.26. The second-order valence-electron chi connectivity index (χ2n) is 4.68. The summed E-state index contributed by atoms with van der Waals surface area (Å²) in [5, 5.41) is 8.84. The Morgan fingerprint density at radius 1 is 1.54 bits per heavy atom. The van der Waals surface area contributed by atoms with Crippen molar-refractivity contribution in [1.29, 1.82) is 0 Å². The number of hydrogen-bond acceptors (Lipinski definition) is 1. The highest BCUT2D eigenvalue weighted by atomic mass is 16.4. The number of carboxylic acids is 1. The first-order valence-electron chi connectivity index (χ1n) is 5.19. The number of carbonyl (C=O) groups is 1. The van der Waals surface area contributed by atoms with Gasteiger partial charge in [0, 0.05) is 5.41 Å². The molecule has 0 aliphatic heterocycles. The standard InChI is InChI=1S/C10H17NO2/c11-6-10(5-9(12)13)4-7-2-1-3-8(7)10/h7-8H,1-6,11H2,(H,12,13)/p+1/t7-,8-,10-/m1/s1. The van der Waals surface area contributed by atoms with E-state index in [1.807, 2.05) is 0 Å². The maximum atomic E-state index is 10.7. The minimum atomic E-state index is -0.644. The topological polar surface area (TPSA) is 64.9 Å². The van der Waals surface area contributed by atoms with Crippen LogP contribution < -0.4 is 5.73 Å². The van der Waals surface area contributed by atoms with Crippen molar-refractivity contribution in [1.82, 2.24) is 0 Å². The zero-order chi connectivity index (χ0) is 9.47. The quantitative estimate of drug-likeness (QED) is 0.671. The third-order valence-electron chi connectivity index (χ3n) is 4.12. The van der Waals surface area contributed by atoms with E-state index in [0.29, 0.717) is 12.3 Å². The Labute approximate surface area is 78.3 Å². The van der Waals surface area contributed by atoms with E-state index in [-0.39, 0.29) is 5.41 Å². The Balaban J connectivity index is 2.05. The molecule has 3 heteroatoms. The fraction of sp³-hybridized carbons (Fsp3) is 0.900. The van der Waals surface area contributed by atoms with Crippen LogP contribution >= 0.6 is 0 Å². The Kier molecular flexibility index (Phi) is 2.06. The highest BCUT2D eigenvalue weighted by Gasteiger charge is 2.56. The highest BCUT2D eigenvalue weighted by molar-refractivity contribution is 5.68. The van der Waals surface area contributed by atoms with E-state index in [1.54, 1.807) is 0 Å². The lowest BCUT2D eigenvalue weighted by Crippen LogP contribution is -2.65. The van der Waals surface area contributed by atoms with E-state index in [1.165, 1.54) is 19.3 Å². The number of quaternary nitrogens is 1. The molecule has 0 bridgehead atoms. The van der Waals surface area contributed by atoms with Crippen molar-refractivity contribution < 1.29 is 15.6 Å². The molecule has 2 aliphatic rings. The summed E-state index contributed by atoms with van der Waals surface area (Å²) < 4.78 is 0. The van der Waals surface area contributed by atoms with Crippen LogP contribution in [-0.4, -0.2) is 17.6 Å². The first kappa shape index (κ1) is 9.00. The Hall–Kier alpha value is -0.570. The molecule has 0 spiro atoms. The van der Waals surface area contributed by atoms with Gasteiger partial charge in [-0.05, 0) is 24.7 Å². The van der Waals surface area contributed by atoms with E-state index in [4.69, 9.17) is 5.11 Å². The van der Waals surface area contributed by atoms with Gasteiger partial charge in [0.15, 0.2) is 0 Å².